The van der Waals surface area contributed by atoms with E-state index in [0.717, 1.165) is 36.3 Å². The highest BCUT2D eigenvalue weighted by atomic mass is 32.2. The third-order valence-electron chi connectivity index (χ3n) is 5.48. The first-order chi connectivity index (χ1) is 12.3. The molecule has 132 valence electrons. The molecule has 1 aromatic carbocycles. The van der Waals surface area contributed by atoms with Crippen molar-refractivity contribution in [3.63, 3.8) is 0 Å². The van der Waals surface area contributed by atoms with Gasteiger partial charge in [-0.05, 0) is 24.7 Å². The van der Waals surface area contributed by atoms with Gasteiger partial charge < -0.3 is 4.90 Å². The van der Waals surface area contributed by atoms with E-state index >= 15 is 0 Å². The average Bonchev–Trinajstić information content (AvgIpc) is 3.15. The first kappa shape index (κ1) is 16.6. The lowest BCUT2D eigenvalue weighted by molar-refractivity contribution is -0.131. The average molecular weight is 356 g/mol. The van der Waals surface area contributed by atoms with E-state index < -0.39 is 0 Å². The van der Waals surface area contributed by atoms with Crippen molar-refractivity contribution in [3.8, 4) is 11.4 Å². The minimum Gasteiger partial charge on any atom is -0.342 e. The van der Waals surface area contributed by atoms with Gasteiger partial charge >= 0.3 is 0 Å². The summed E-state index contributed by atoms with van der Waals surface area (Å²) in [4.78, 5) is 19.1. The highest BCUT2D eigenvalue weighted by Crippen LogP contribution is 2.36. The molecule has 2 aromatic rings. The van der Waals surface area contributed by atoms with Gasteiger partial charge in [-0.2, -0.15) is 0 Å². The lowest BCUT2D eigenvalue weighted by atomic mass is 9.75. The second-order valence-corrected chi connectivity index (χ2v) is 8.00. The maximum absolute atomic E-state index is 12.6. The summed E-state index contributed by atoms with van der Waals surface area (Å²) >= 11 is 1.42. The number of aromatic amines is 1. The van der Waals surface area contributed by atoms with Gasteiger partial charge in [-0.15, -0.1) is 5.10 Å². The molecule has 2 heterocycles. The molecular weight excluding hydrogens is 332 g/mol. The van der Waals surface area contributed by atoms with Gasteiger partial charge in [0.25, 0.3) is 0 Å². The summed E-state index contributed by atoms with van der Waals surface area (Å²) < 4.78 is 0. The maximum Gasteiger partial charge on any atom is 0.233 e. The summed E-state index contributed by atoms with van der Waals surface area (Å²) in [6.07, 6.45) is 6.54. The van der Waals surface area contributed by atoms with Gasteiger partial charge in [-0.1, -0.05) is 61.4 Å². The third kappa shape index (κ3) is 3.89. The van der Waals surface area contributed by atoms with Gasteiger partial charge in [-0.3, -0.25) is 9.89 Å². The molecule has 2 fully saturated rings. The fourth-order valence-electron chi connectivity index (χ4n) is 4.08. The first-order valence-electron chi connectivity index (χ1n) is 9.18. The van der Waals surface area contributed by atoms with Gasteiger partial charge in [0, 0.05) is 18.7 Å². The summed E-state index contributed by atoms with van der Waals surface area (Å²) in [5.41, 5.74) is 1.01. The van der Waals surface area contributed by atoms with Crippen LogP contribution in [0.3, 0.4) is 0 Å². The van der Waals surface area contributed by atoms with Crippen molar-refractivity contribution in [1.29, 1.82) is 0 Å². The molecule has 1 N–H and O–H groups in total. The number of carbonyl (C=O) groups is 1. The Hall–Kier alpha value is -1.82. The summed E-state index contributed by atoms with van der Waals surface area (Å²) in [6.45, 7) is 1.87. The second-order valence-electron chi connectivity index (χ2n) is 7.05. The number of nitrogens with zero attached hydrogens (tertiary/aromatic N) is 3. The minimum absolute atomic E-state index is 0.222. The van der Waals surface area contributed by atoms with Crippen LogP contribution in [-0.4, -0.2) is 44.8 Å². The predicted octanol–water partition coefficient (Wildman–Crippen LogP) is 3.60. The Labute approximate surface area is 152 Å². The topological polar surface area (TPSA) is 61.9 Å². The van der Waals surface area contributed by atoms with Crippen LogP contribution in [0.5, 0.6) is 0 Å². The molecule has 4 rings (SSSR count). The highest BCUT2D eigenvalue weighted by Gasteiger charge is 2.32. The van der Waals surface area contributed by atoms with Crippen LogP contribution in [-0.2, 0) is 4.79 Å². The monoisotopic (exact) mass is 356 g/mol. The summed E-state index contributed by atoms with van der Waals surface area (Å²) in [5.74, 6) is 2.97. The summed E-state index contributed by atoms with van der Waals surface area (Å²) in [6, 6.07) is 9.92. The number of nitrogens with one attached hydrogen (secondary N) is 1. The molecule has 1 aliphatic heterocycles. The van der Waals surface area contributed by atoms with E-state index in [-0.39, 0.29) is 5.91 Å². The van der Waals surface area contributed by atoms with E-state index in [1.807, 2.05) is 30.3 Å². The zero-order valence-corrected chi connectivity index (χ0v) is 15.2. The number of rotatable bonds is 4. The van der Waals surface area contributed by atoms with Crippen molar-refractivity contribution in [3.05, 3.63) is 30.3 Å². The van der Waals surface area contributed by atoms with Crippen molar-refractivity contribution in [2.24, 2.45) is 11.8 Å². The molecule has 0 bridgehead atoms. The van der Waals surface area contributed by atoms with Crippen LogP contribution in [0, 0.1) is 11.8 Å². The Morgan fingerprint density at radius 1 is 1.16 bits per heavy atom. The van der Waals surface area contributed by atoms with Crippen LogP contribution >= 0.6 is 11.8 Å². The number of benzene rings is 1. The second kappa shape index (κ2) is 7.60. The summed E-state index contributed by atoms with van der Waals surface area (Å²) in [7, 11) is 0. The molecule has 5 nitrogen and oxygen atoms in total. The molecule has 6 heteroatoms. The number of H-pyrrole nitrogens is 1. The Morgan fingerprint density at radius 2 is 1.96 bits per heavy atom. The number of amides is 1. The molecule has 2 aliphatic rings. The number of piperidine rings is 1. The Bertz CT molecular complexity index is 717. The zero-order valence-electron chi connectivity index (χ0n) is 14.4. The third-order valence-corrected chi connectivity index (χ3v) is 6.31. The Balaban J connectivity index is 1.31. The summed E-state index contributed by atoms with van der Waals surface area (Å²) in [5, 5.41) is 7.83. The molecule has 25 heavy (non-hydrogen) atoms. The Morgan fingerprint density at radius 3 is 2.80 bits per heavy atom. The fraction of sp³-hybridized carbons (Fsp3) is 0.526. The molecular formula is C19H24N4OS. The predicted molar refractivity (Wildman–Crippen MR) is 99.2 cm³/mol. The van der Waals surface area contributed by atoms with E-state index in [1.54, 1.807) is 0 Å². The fourth-order valence-corrected chi connectivity index (χ4v) is 4.78. The minimum atomic E-state index is 0.222. The lowest BCUT2D eigenvalue weighted by Gasteiger charge is -2.41. The SMILES string of the molecule is O=C(CSc1n[nH]c(-c2ccccc2)n1)N1CC[C@@H]2CCCC[C@@H]2C1. The van der Waals surface area contributed by atoms with E-state index in [4.69, 9.17) is 0 Å². The quantitative estimate of drug-likeness (QED) is 0.850. The Kier molecular flexibility index (Phi) is 5.06. The normalized spacial score (nSPS) is 23.3. The number of aromatic nitrogens is 3. The number of hydrogen-bond donors (Lipinski definition) is 1. The first-order valence-corrected chi connectivity index (χ1v) is 10.2. The van der Waals surface area contributed by atoms with E-state index in [0.29, 0.717) is 10.9 Å². The molecule has 1 saturated carbocycles. The van der Waals surface area contributed by atoms with Gasteiger partial charge in [0.15, 0.2) is 5.82 Å². The standard InChI is InChI=1S/C19H24N4OS/c24-17(23-11-10-14-6-4-5-9-16(14)12-23)13-25-19-20-18(21-22-19)15-7-2-1-3-8-15/h1-3,7-8,14,16H,4-6,9-13H2,(H,20,21,22)/t14-,16+/m0/s1. The lowest BCUT2D eigenvalue weighted by Crippen LogP contribution is -2.45. The largest absolute Gasteiger partial charge is 0.342 e. The van der Waals surface area contributed by atoms with Gasteiger partial charge in [-0.25, -0.2) is 4.98 Å². The van der Waals surface area contributed by atoms with Crippen molar-refractivity contribution in [2.45, 2.75) is 37.3 Å². The molecule has 0 unspecified atom stereocenters. The van der Waals surface area contributed by atoms with E-state index in [1.165, 1.54) is 43.9 Å². The van der Waals surface area contributed by atoms with Crippen molar-refractivity contribution >= 4 is 17.7 Å². The molecule has 1 aromatic heterocycles. The van der Waals surface area contributed by atoms with Gasteiger partial charge in [0.1, 0.15) is 0 Å². The number of carbonyl (C=O) groups excluding carboxylic acids is 1. The highest BCUT2D eigenvalue weighted by molar-refractivity contribution is 7.99. The smallest absolute Gasteiger partial charge is 0.233 e. The van der Waals surface area contributed by atoms with Crippen LogP contribution in [0.4, 0.5) is 0 Å². The van der Waals surface area contributed by atoms with Crippen molar-refractivity contribution in [2.75, 3.05) is 18.8 Å². The van der Waals surface area contributed by atoms with Gasteiger partial charge in [0.2, 0.25) is 11.1 Å². The van der Waals surface area contributed by atoms with Crippen molar-refractivity contribution in [1.82, 2.24) is 20.1 Å². The van der Waals surface area contributed by atoms with Crippen LogP contribution in [0.2, 0.25) is 0 Å². The molecule has 1 saturated heterocycles. The van der Waals surface area contributed by atoms with Gasteiger partial charge in [0.05, 0.1) is 5.75 Å². The number of thioether (sulfide) groups is 1. The van der Waals surface area contributed by atoms with Crippen molar-refractivity contribution < 1.29 is 4.79 Å². The number of fused-ring (bicyclic) bond motifs is 1. The molecule has 1 aliphatic carbocycles. The zero-order chi connectivity index (χ0) is 17.1. The molecule has 2 atom stereocenters. The van der Waals surface area contributed by atoms with E-state index in [9.17, 15) is 4.79 Å². The molecule has 1 amide bonds. The van der Waals surface area contributed by atoms with Crippen LogP contribution < -0.4 is 0 Å². The molecule has 0 radical (unpaired) electrons. The van der Waals surface area contributed by atoms with E-state index in [2.05, 4.69) is 20.1 Å². The van der Waals surface area contributed by atoms with Crippen LogP contribution in [0.25, 0.3) is 11.4 Å². The number of likely N-dealkylation sites (tertiary alicyclic amines) is 1. The number of hydrogen-bond acceptors (Lipinski definition) is 4. The maximum atomic E-state index is 12.6. The molecule has 0 spiro atoms. The van der Waals surface area contributed by atoms with Crippen LogP contribution in [0.1, 0.15) is 32.1 Å². The van der Waals surface area contributed by atoms with Crippen LogP contribution in [0.15, 0.2) is 35.5 Å².